The van der Waals surface area contributed by atoms with Crippen molar-refractivity contribution < 1.29 is 33.6 Å². The molecule has 0 radical (unpaired) electrons. The van der Waals surface area contributed by atoms with Crippen molar-refractivity contribution in [1.29, 1.82) is 0 Å². The third-order valence-electron chi connectivity index (χ3n) is 8.41. The summed E-state index contributed by atoms with van der Waals surface area (Å²) in [6.07, 6.45) is 5.98. The molecule has 1 heterocycles. The quantitative estimate of drug-likeness (QED) is 0.0735. The number of methoxy groups -OCH3 is 1. The standard InChI is InChI=1S/C40H36N2O8S/c1-3-48-39(45)30-17-25(16-26(18-30)24-50-32-20-29(38(43)44)19-31(21-32)49-15-14-47-2)22-42-23-35(37(51)41-40(42)46)36-33-10-6-4-8-27(33)12-13-28-9-5-7-11-34(28)36/h4-13,16-21,23,36H,3,14-15,22,24H2,1-2H3,(H,43,44)(H,41,46,51). The van der Waals surface area contributed by atoms with Gasteiger partial charge in [0.2, 0.25) is 0 Å². The largest absolute Gasteiger partial charge is 0.491 e. The number of hydrogen-bond acceptors (Lipinski definition) is 8. The fourth-order valence-corrected chi connectivity index (χ4v) is 6.38. The molecule has 51 heavy (non-hydrogen) atoms. The third kappa shape index (κ3) is 8.17. The Balaban J connectivity index is 1.35. The van der Waals surface area contributed by atoms with E-state index in [4.69, 9.17) is 31.2 Å². The Morgan fingerprint density at radius 1 is 0.824 bits per heavy atom. The van der Waals surface area contributed by atoms with E-state index >= 15 is 0 Å². The molecule has 0 spiro atoms. The molecule has 260 valence electrons. The second-order valence-corrected chi connectivity index (χ2v) is 12.3. The van der Waals surface area contributed by atoms with Crippen LogP contribution >= 0.6 is 12.2 Å². The first kappa shape index (κ1) is 35.1. The van der Waals surface area contributed by atoms with Crippen molar-refractivity contribution in [3.05, 3.63) is 156 Å². The van der Waals surface area contributed by atoms with Crippen molar-refractivity contribution in [1.82, 2.24) is 9.55 Å². The molecule has 2 N–H and O–H groups in total. The fraction of sp³-hybridized carbons (Fsp3) is 0.200. The molecule has 6 rings (SSSR count). The molecule has 0 saturated carbocycles. The Morgan fingerprint density at radius 3 is 2.12 bits per heavy atom. The van der Waals surface area contributed by atoms with Gasteiger partial charge in [-0.05, 0) is 64.6 Å². The summed E-state index contributed by atoms with van der Waals surface area (Å²) in [5, 5.41) is 9.64. The first-order chi connectivity index (χ1) is 24.7. The Kier molecular flexibility index (Phi) is 10.9. The molecule has 1 aromatic heterocycles. The molecular formula is C40H36N2O8S. The monoisotopic (exact) mass is 704 g/mol. The summed E-state index contributed by atoms with van der Waals surface area (Å²) in [6.45, 7) is 2.55. The van der Waals surface area contributed by atoms with E-state index in [-0.39, 0.29) is 49.2 Å². The zero-order chi connectivity index (χ0) is 35.9. The van der Waals surface area contributed by atoms with Crippen molar-refractivity contribution in [3.63, 3.8) is 0 Å². The van der Waals surface area contributed by atoms with E-state index in [1.807, 2.05) is 30.3 Å². The van der Waals surface area contributed by atoms with Crippen LogP contribution in [0, 0.1) is 4.64 Å². The maximum Gasteiger partial charge on any atom is 0.338 e. The number of aromatic carboxylic acids is 1. The number of nitrogens with zero attached hydrogens (tertiary/aromatic N) is 1. The molecule has 0 aliphatic heterocycles. The number of benzene rings is 4. The molecule has 1 aliphatic carbocycles. The van der Waals surface area contributed by atoms with Crippen molar-refractivity contribution >= 4 is 36.3 Å². The summed E-state index contributed by atoms with van der Waals surface area (Å²) < 4.78 is 23.9. The normalized spacial score (nSPS) is 12.0. The van der Waals surface area contributed by atoms with Crippen molar-refractivity contribution in [2.75, 3.05) is 26.9 Å². The van der Waals surface area contributed by atoms with E-state index in [1.165, 1.54) is 12.1 Å². The molecular weight excluding hydrogens is 669 g/mol. The Hall–Kier alpha value is -5.78. The lowest BCUT2D eigenvalue weighted by Crippen LogP contribution is -2.25. The van der Waals surface area contributed by atoms with Gasteiger partial charge in [-0.3, -0.25) is 9.55 Å². The second-order valence-electron chi connectivity index (χ2n) is 11.9. The van der Waals surface area contributed by atoms with Crippen LogP contribution < -0.4 is 15.2 Å². The van der Waals surface area contributed by atoms with Crippen LogP contribution in [0.1, 0.15) is 72.5 Å². The number of rotatable bonds is 13. The van der Waals surface area contributed by atoms with Crippen molar-refractivity contribution in [3.8, 4) is 11.5 Å². The van der Waals surface area contributed by atoms with Gasteiger partial charge in [0.05, 0.1) is 30.9 Å². The van der Waals surface area contributed by atoms with E-state index in [0.717, 1.165) is 27.8 Å². The van der Waals surface area contributed by atoms with Gasteiger partial charge in [-0.2, -0.15) is 0 Å². The van der Waals surface area contributed by atoms with Crippen LogP contribution in [0.3, 0.4) is 0 Å². The number of fused-ring (bicyclic) bond motifs is 2. The maximum absolute atomic E-state index is 13.4. The van der Waals surface area contributed by atoms with E-state index in [0.29, 0.717) is 28.1 Å². The number of carboxylic acid groups (broad SMARTS) is 1. The third-order valence-corrected chi connectivity index (χ3v) is 8.75. The van der Waals surface area contributed by atoms with Crippen LogP contribution in [-0.2, 0) is 22.6 Å². The number of aromatic amines is 1. The van der Waals surface area contributed by atoms with Gasteiger partial charge in [0.25, 0.3) is 0 Å². The molecule has 5 aromatic rings. The highest BCUT2D eigenvalue weighted by atomic mass is 32.1. The summed E-state index contributed by atoms with van der Waals surface area (Å²) in [5.74, 6) is -1.33. The summed E-state index contributed by atoms with van der Waals surface area (Å²) >= 11 is 5.78. The number of hydrogen-bond donors (Lipinski definition) is 2. The van der Waals surface area contributed by atoms with Gasteiger partial charge in [0.15, 0.2) is 0 Å². The molecule has 1 aliphatic rings. The Labute approximate surface area is 299 Å². The maximum atomic E-state index is 13.4. The van der Waals surface area contributed by atoms with Crippen molar-refractivity contribution in [2.45, 2.75) is 26.0 Å². The highest BCUT2D eigenvalue weighted by Crippen LogP contribution is 2.39. The van der Waals surface area contributed by atoms with Gasteiger partial charge < -0.3 is 24.1 Å². The lowest BCUT2D eigenvalue weighted by molar-refractivity contribution is 0.0525. The fourth-order valence-electron chi connectivity index (χ4n) is 6.12. The molecule has 0 unspecified atom stereocenters. The van der Waals surface area contributed by atoms with Gasteiger partial charge in [-0.25, -0.2) is 14.4 Å². The smallest absolute Gasteiger partial charge is 0.338 e. The van der Waals surface area contributed by atoms with E-state index in [2.05, 4.69) is 41.4 Å². The first-order valence-electron chi connectivity index (χ1n) is 16.4. The van der Waals surface area contributed by atoms with Gasteiger partial charge >= 0.3 is 17.6 Å². The zero-order valence-electron chi connectivity index (χ0n) is 28.1. The number of ether oxygens (including phenoxy) is 4. The SMILES string of the molecule is CCOC(=O)c1cc(COc2cc(OCCOC)cc(C(=O)O)c2)cc(Cn2cc(C3c4ccccc4C=Cc4ccccc43)c(=S)[nH]c2=O)c1. The number of aromatic nitrogens is 2. The van der Waals surface area contributed by atoms with Crippen LogP contribution in [0.5, 0.6) is 11.5 Å². The molecule has 10 nitrogen and oxygen atoms in total. The minimum atomic E-state index is -1.14. The number of carboxylic acids is 1. The Morgan fingerprint density at radius 2 is 1.47 bits per heavy atom. The van der Waals surface area contributed by atoms with E-state index in [1.54, 1.807) is 43.0 Å². The Bertz CT molecular complexity index is 2190. The summed E-state index contributed by atoms with van der Waals surface area (Å²) in [5.41, 5.74) is 6.12. The van der Waals surface area contributed by atoms with Gasteiger partial charge in [-0.15, -0.1) is 0 Å². The minimum Gasteiger partial charge on any atom is -0.491 e. The first-order valence-corrected chi connectivity index (χ1v) is 16.8. The number of H-pyrrole nitrogens is 1. The van der Waals surface area contributed by atoms with Crippen LogP contribution in [0.2, 0.25) is 0 Å². The average molecular weight is 705 g/mol. The van der Waals surface area contributed by atoms with Gasteiger partial charge in [0.1, 0.15) is 29.4 Å². The number of esters is 1. The molecule has 4 aromatic carbocycles. The lowest BCUT2D eigenvalue weighted by atomic mass is 9.83. The summed E-state index contributed by atoms with van der Waals surface area (Å²) in [4.78, 5) is 41.0. The van der Waals surface area contributed by atoms with Crippen molar-refractivity contribution in [2.24, 2.45) is 0 Å². The summed E-state index contributed by atoms with van der Waals surface area (Å²) in [6, 6.07) is 25.8. The predicted octanol–water partition coefficient (Wildman–Crippen LogP) is 7.10. The van der Waals surface area contributed by atoms with Gasteiger partial charge in [-0.1, -0.05) is 79.0 Å². The molecule has 0 amide bonds. The van der Waals surface area contributed by atoms with Crippen LogP contribution in [0.15, 0.2) is 95.9 Å². The number of carbonyl (C=O) groups excluding carboxylic acids is 1. The molecule has 0 saturated heterocycles. The lowest BCUT2D eigenvalue weighted by Gasteiger charge is -2.22. The van der Waals surface area contributed by atoms with Crippen LogP contribution in [-0.4, -0.2) is 53.5 Å². The highest BCUT2D eigenvalue weighted by molar-refractivity contribution is 7.71. The minimum absolute atomic E-state index is 0.00723. The molecule has 0 atom stereocenters. The molecule has 0 bridgehead atoms. The van der Waals surface area contributed by atoms with Crippen LogP contribution in [0.4, 0.5) is 0 Å². The average Bonchev–Trinajstić information content (AvgIpc) is 3.29. The van der Waals surface area contributed by atoms with E-state index < -0.39 is 17.6 Å². The molecule has 0 fully saturated rings. The van der Waals surface area contributed by atoms with Gasteiger partial charge in [0, 0.05) is 30.9 Å². The topological polar surface area (TPSA) is 129 Å². The number of carbonyl (C=O) groups is 2. The summed E-state index contributed by atoms with van der Waals surface area (Å²) in [7, 11) is 1.54. The highest BCUT2D eigenvalue weighted by Gasteiger charge is 2.25. The second kappa shape index (κ2) is 15.8. The predicted molar refractivity (Wildman–Crippen MR) is 195 cm³/mol. The number of nitrogens with one attached hydrogen (secondary N) is 1. The van der Waals surface area contributed by atoms with E-state index in [9.17, 15) is 19.5 Å². The van der Waals surface area contributed by atoms with Crippen LogP contribution in [0.25, 0.3) is 12.2 Å². The molecule has 11 heteroatoms. The zero-order valence-corrected chi connectivity index (χ0v) is 28.9.